The van der Waals surface area contributed by atoms with Crippen LogP contribution >= 0.6 is 11.6 Å². The Balaban J connectivity index is 2.11. The maximum atomic E-state index is 11.8. The number of allylic oxidation sites excluding steroid dienone is 1. The molecular weight excluding hydrogens is 254 g/mol. The van der Waals surface area contributed by atoms with Gasteiger partial charge in [0.05, 0.1) is 24.0 Å². The van der Waals surface area contributed by atoms with E-state index in [2.05, 4.69) is 17.0 Å². The van der Waals surface area contributed by atoms with Crippen molar-refractivity contribution in [2.45, 2.75) is 31.4 Å². The van der Waals surface area contributed by atoms with Crippen LogP contribution in [0.15, 0.2) is 23.6 Å². The lowest BCUT2D eigenvalue weighted by Crippen LogP contribution is -2.43. The van der Waals surface area contributed by atoms with Gasteiger partial charge in [-0.3, -0.25) is 4.79 Å². The SMILES string of the molecule is C=CCn1ncc(NCC2(O)CCC2)c(Cl)c1=O. The van der Waals surface area contributed by atoms with E-state index in [-0.39, 0.29) is 10.6 Å². The summed E-state index contributed by atoms with van der Waals surface area (Å²) in [5.74, 6) is 0. The smallest absolute Gasteiger partial charge is 0.287 e. The average Bonchev–Trinajstić information content (AvgIpc) is 2.32. The fourth-order valence-corrected chi connectivity index (χ4v) is 2.08. The van der Waals surface area contributed by atoms with Crippen LogP contribution in [0.5, 0.6) is 0 Å². The highest BCUT2D eigenvalue weighted by atomic mass is 35.5. The van der Waals surface area contributed by atoms with E-state index in [0.29, 0.717) is 18.8 Å². The molecule has 1 aromatic heterocycles. The first kappa shape index (κ1) is 13.1. The molecule has 5 nitrogen and oxygen atoms in total. The van der Waals surface area contributed by atoms with Crippen LogP contribution in [-0.2, 0) is 6.54 Å². The minimum Gasteiger partial charge on any atom is -0.388 e. The molecule has 2 rings (SSSR count). The van der Waals surface area contributed by atoms with Gasteiger partial charge in [0.25, 0.3) is 5.56 Å². The van der Waals surface area contributed by atoms with E-state index in [1.54, 1.807) is 6.08 Å². The highest BCUT2D eigenvalue weighted by Crippen LogP contribution is 2.32. The summed E-state index contributed by atoms with van der Waals surface area (Å²) in [6.45, 7) is 4.26. The van der Waals surface area contributed by atoms with Crippen molar-refractivity contribution in [1.29, 1.82) is 0 Å². The number of aliphatic hydroxyl groups is 1. The van der Waals surface area contributed by atoms with E-state index in [1.165, 1.54) is 10.9 Å². The molecule has 98 valence electrons. The van der Waals surface area contributed by atoms with Gasteiger partial charge in [-0.25, -0.2) is 4.68 Å². The number of anilines is 1. The lowest BCUT2D eigenvalue weighted by atomic mass is 9.80. The first-order valence-electron chi connectivity index (χ1n) is 5.88. The maximum Gasteiger partial charge on any atom is 0.287 e. The second-order valence-electron chi connectivity index (χ2n) is 4.58. The fraction of sp³-hybridized carbons (Fsp3) is 0.500. The Morgan fingerprint density at radius 3 is 2.94 bits per heavy atom. The van der Waals surface area contributed by atoms with Gasteiger partial charge >= 0.3 is 0 Å². The lowest BCUT2D eigenvalue weighted by Gasteiger charge is -2.36. The number of nitrogens with zero attached hydrogens (tertiary/aromatic N) is 2. The summed E-state index contributed by atoms with van der Waals surface area (Å²) in [4.78, 5) is 11.8. The largest absolute Gasteiger partial charge is 0.388 e. The van der Waals surface area contributed by atoms with Crippen molar-refractivity contribution in [2.24, 2.45) is 0 Å². The van der Waals surface area contributed by atoms with Gasteiger partial charge in [-0.1, -0.05) is 17.7 Å². The van der Waals surface area contributed by atoms with Crippen molar-refractivity contribution in [2.75, 3.05) is 11.9 Å². The molecule has 0 atom stereocenters. The van der Waals surface area contributed by atoms with Gasteiger partial charge in [-0.2, -0.15) is 5.10 Å². The van der Waals surface area contributed by atoms with E-state index in [0.717, 1.165) is 19.3 Å². The van der Waals surface area contributed by atoms with Crippen LogP contribution in [0, 0.1) is 0 Å². The Morgan fingerprint density at radius 1 is 1.67 bits per heavy atom. The summed E-state index contributed by atoms with van der Waals surface area (Å²) in [7, 11) is 0. The minimum absolute atomic E-state index is 0.0924. The van der Waals surface area contributed by atoms with Crippen molar-refractivity contribution >= 4 is 17.3 Å². The molecule has 6 heteroatoms. The van der Waals surface area contributed by atoms with Gasteiger partial charge in [-0.15, -0.1) is 6.58 Å². The summed E-state index contributed by atoms with van der Waals surface area (Å²) in [5, 5.41) is 17.0. The molecular formula is C12H16ClN3O2. The summed E-state index contributed by atoms with van der Waals surface area (Å²) in [5.41, 5.74) is -0.566. The molecule has 1 aliphatic carbocycles. The summed E-state index contributed by atoms with van der Waals surface area (Å²) in [6.07, 6.45) is 5.66. The molecule has 2 N–H and O–H groups in total. The molecule has 0 radical (unpaired) electrons. The van der Waals surface area contributed by atoms with E-state index in [1.807, 2.05) is 0 Å². The third kappa shape index (κ3) is 2.57. The molecule has 0 aliphatic heterocycles. The lowest BCUT2D eigenvalue weighted by molar-refractivity contribution is -0.0202. The van der Waals surface area contributed by atoms with Crippen LogP contribution in [-0.4, -0.2) is 27.0 Å². The van der Waals surface area contributed by atoms with Crippen molar-refractivity contribution in [3.05, 3.63) is 34.2 Å². The first-order chi connectivity index (χ1) is 8.56. The predicted molar refractivity (Wildman–Crippen MR) is 71.0 cm³/mol. The summed E-state index contributed by atoms with van der Waals surface area (Å²) in [6, 6.07) is 0. The van der Waals surface area contributed by atoms with Crippen molar-refractivity contribution in [3.8, 4) is 0 Å². The van der Waals surface area contributed by atoms with Crippen LogP contribution in [0.2, 0.25) is 5.02 Å². The highest BCUT2D eigenvalue weighted by molar-refractivity contribution is 6.32. The second kappa shape index (κ2) is 5.12. The maximum absolute atomic E-state index is 11.8. The van der Waals surface area contributed by atoms with Crippen LogP contribution in [0.3, 0.4) is 0 Å². The average molecular weight is 270 g/mol. The fourth-order valence-electron chi connectivity index (χ4n) is 1.86. The predicted octanol–water partition coefficient (Wildman–Crippen LogP) is 1.41. The molecule has 1 aliphatic rings. The molecule has 18 heavy (non-hydrogen) atoms. The van der Waals surface area contributed by atoms with Crippen molar-refractivity contribution < 1.29 is 5.11 Å². The summed E-state index contributed by atoms with van der Waals surface area (Å²) >= 11 is 5.97. The third-order valence-corrected chi connectivity index (χ3v) is 3.54. The zero-order chi connectivity index (χ0) is 13.2. The molecule has 0 amide bonds. The molecule has 0 bridgehead atoms. The number of halogens is 1. The number of hydrogen-bond acceptors (Lipinski definition) is 4. The molecule has 1 fully saturated rings. The van der Waals surface area contributed by atoms with Gasteiger partial charge < -0.3 is 10.4 Å². The number of rotatable bonds is 5. The standard InChI is InChI=1S/C12H16ClN3O2/c1-2-6-16-11(17)10(13)9(7-15-16)14-8-12(18)4-3-5-12/h2,7,14,18H,1,3-6,8H2. The second-order valence-corrected chi connectivity index (χ2v) is 4.96. The van der Waals surface area contributed by atoms with Gasteiger partial charge in [-0.05, 0) is 19.3 Å². The topological polar surface area (TPSA) is 67.2 Å². The first-order valence-corrected chi connectivity index (χ1v) is 6.26. The van der Waals surface area contributed by atoms with E-state index in [9.17, 15) is 9.90 Å². The molecule has 0 aromatic carbocycles. The number of hydrogen-bond donors (Lipinski definition) is 2. The monoisotopic (exact) mass is 269 g/mol. The summed E-state index contributed by atoms with van der Waals surface area (Å²) < 4.78 is 1.23. The molecule has 1 saturated carbocycles. The molecule has 0 spiro atoms. The van der Waals surface area contributed by atoms with Gasteiger partial charge in [0.15, 0.2) is 0 Å². The Bertz CT molecular complexity index is 509. The Kier molecular flexibility index (Phi) is 3.73. The van der Waals surface area contributed by atoms with Crippen LogP contribution in [0.4, 0.5) is 5.69 Å². The van der Waals surface area contributed by atoms with E-state index in [4.69, 9.17) is 11.6 Å². The van der Waals surface area contributed by atoms with Crippen molar-refractivity contribution in [1.82, 2.24) is 9.78 Å². The molecule has 0 saturated heterocycles. The van der Waals surface area contributed by atoms with E-state index < -0.39 is 5.60 Å². The van der Waals surface area contributed by atoms with Crippen LogP contribution < -0.4 is 10.9 Å². The molecule has 1 heterocycles. The van der Waals surface area contributed by atoms with E-state index >= 15 is 0 Å². The zero-order valence-electron chi connectivity index (χ0n) is 10.0. The van der Waals surface area contributed by atoms with Crippen LogP contribution in [0.1, 0.15) is 19.3 Å². The Labute approximate surface area is 110 Å². The minimum atomic E-state index is -0.667. The Morgan fingerprint density at radius 2 is 2.39 bits per heavy atom. The highest BCUT2D eigenvalue weighted by Gasteiger charge is 2.34. The normalized spacial score (nSPS) is 17.0. The van der Waals surface area contributed by atoms with Gasteiger partial charge in [0.2, 0.25) is 0 Å². The van der Waals surface area contributed by atoms with Gasteiger partial charge in [0, 0.05) is 6.54 Å². The molecule has 0 unspecified atom stereocenters. The van der Waals surface area contributed by atoms with Crippen molar-refractivity contribution in [3.63, 3.8) is 0 Å². The zero-order valence-corrected chi connectivity index (χ0v) is 10.8. The third-order valence-electron chi connectivity index (χ3n) is 3.18. The van der Waals surface area contributed by atoms with Crippen LogP contribution in [0.25, 0.3) is 0 Å². The molecule has 1 aromatic rings. The van der Waals surface area contributed by atoms with Gasteiger partial charge in [0.1, 0.15) is 5.02 Å². The number of aromatic nitrogens is 2. The number of nitrogens with one attached hydrogen (secondary N) is 1. The Hall–Kier alpha value is -1.33. The quantitative estimate of drug-likeness (QED) is 0.793.